The molecule has 2 aromatic carbocycles. The van der Waals surface area contributed by atoms with Crippen LogP contribution in [0.25, 0.3) is 10.1 Å². The number of carbonyl (C=O) groups excluding carboxylic acids is 2. The SMILES string of the molecule is CCC1Cc2cc(C(C)C(=O)ON(C(N)=O)C(C)c3cc4ccccc4s3)ccc2O1. The molecule has 3 aromatic rings. The van der Waals surface area contributed by atoms with E-state index in [1.165, 1.54) is 0 Å². The van der Waals surface area contributed by atoms with Gasteiger partial charge in [-0.25, -0.2) is 9.59 Å². The second kappa shape index (κ2) is 8.59. The number of hydroxylamine groups is 2. The van der Waals surface area contributed by atoms with Gasteiger partial charge < -0.3 is 15.3 Å². The predicted octanol–water partition coefficient (Wildman–Crippen LogP) is 5.32. The summed E-state index contributed by atoms with van der Waals surface area (Å²) in [5, 5.41) is 2.04. The van der Waals surface area contributed by atoms with E-state index in [1.807, 2.05) is 48.5 Å². The minimum absolute atomic E-state index is 0.181. The molecule has 6 nitrogen and oxygen atoms in total. The first-order valence-electron chi connectivity index (χ1n) is 10.5. The molecular formula is C24H26N2O4S. The van der Waals surface area contributed by atoms with Crippen molar-refractivity contribution in [3.63, 3.8) is 0 Å². The van der Waals surface area contributed by atoms with Crippen LogP contribution >= 0.6 is 11.3 Å². The van der Waals surface area contributed by atoms with E-state index in [4.69, 9.17) is 15.3 Å². The zero-order valence-electron chi connectivity index (χ0n) is 17.8. The molecule has 1 aliphatic heterocycles. The minimum Gasteiger partial charge on any atom is -0.490 e. The van der Waals surface area contributed by atoms with Gasteiger partial charge in [-0.15, -0.1) is 16.4 Å². The van der Waals surface area contributed by atoms with Gasteiger partial charge in [-0.1, -0.05) is 37.3 Å². The Hall–Kier alpha value is -3.06. The van der Waals surface area contributed by atoms with Crippen molar-refractivity contribution in [2.24, 2.45) is 5.73 Å². The largest absolute Gasteiger partial charge is 0.490 e. The zero-order valence-corrected chi connectivity index (χ0v) is 18.6. The Labute approximate surface area is 185 Å². The standard InChI is InChI=1S/C24H26N2O4S/c1-4-19-12-18-11-16(9-10-20(18)29-19)14(2)23(27)30-26(24(25)28)15(3)22-13-17-7-5-6-8-21(17)31-22/h5-11,13-15,19H,4,12H2,1-3H3,(H2,25,28). The molecule has 0 spiro atoms. The van der Waals surface area contributed by atoms with Crippen molar-refractivity contribution in [1.29, 1.82) is 0 Å². The number of ether oxygens (including phenoxy) is 1. The summed E-state index contributed by atoms with van der Waals surface area (Å²) in [5.41, 5.74) is 7.47. The van der Waals surface area contributed by atoms with Crippen molar-refractivity contribution in [1.82, 2.24) is 5.06 Å². The van der Waals surface area contributed by atoms with Gasteiger partial charge in [0.25, 0.3) is 0 Å². The number of urea groups is 1. The fraction of sp³-hybridized carbons (Fsp3) is 0.333. The van der Waals surface area contributed by atoms with Gasteiger partial charge in [-0.2, -0.15) is 0 Å². The van der Waals surface area contributed by atoms with Crippen LogP contribution in [-0.4, -0.2) is 23.2 Å². The first-order valence-corrected chi connectivity index (χ1v) is 11.3. The smallest absolute Gasteiger partial charge is 0.348 e. The molecule has 2 N–H and O–H groups in total. The number of nitrogens with two attached hydrogens (primary N) is 1. The quantitative estimate of drug-likeness (QED) is 0.547. The van der Waals surface area contributed by atoms with Crippen LogP contribution in [0.5, 0.6) is 5.75 Å². The van der Waals surface area contributed by atoms with E-state index in [9.17, 15) is 9.59 Å². The molecule has 0 saturated carbocycles. The van der Waals surface area contributed by atoms with E-state index in [2.05, 4.69) is 6.92 Å². The highest BCUT2D eigenvalue weighted by atomic mass is 32.1. The second-order valence-electron chi connectivity index (χ2n) is 7.88. The molecule has 4 rings (SSSR count). The number of thiophene rings is 1. The molecule has 31 heavy (non-hydrogen) atoms. The number of rotatable bonds is 5. The van der Waals surface area contributed by atoms with Crippen LogP contribution in [0.15, 0.2) is 48.5 Å². The number of hydrogen-bond acceptors (Lipinski definition) is 5. The number of amides is 2. The Kier molecular flexibility index (Phi) is 5.87. The summed E-state index contributed by atoms with van der Waals surface area (Å²) in [6.45, 7) is 5.65. The molecule has 2 heterocycles. The third kappa shape index (κ3) is 4.23. The molecule has 0 aliphatic carbocycles. The highest BCUT2D eigenvalue weighted by Crippen LogP contribution is 2.35. The number of nitrogens with zero attached hydrogens (tertiary/aromatic N) is 1. The molecule has 0 saturated heterocycles. The summed E-state index contributed by atoms with van der Waals surface area (Å²) >= 11 is 1.54. The van der Waals surface area contributed by atoms with Crippen LogP contribution in [-0.2, 0) is 16.1 Å². The van der Waals surface area contributed by atoms with Gasteiger partial charge in [0.1, 0.15) is 17.9 Å². The Morgan fingerprint density at radius 2 is 2.00 bits per heavy atom. The number of carbonyl (C=O) groups is 2. The maximum atomic E-state index is 12.9. The van der Waals surface area contributed by atoms with Gasteiger partial charge >= 0.3 is 12.0 Å². The van der Waals surface area contributed by atoms with Crippen LogP contribution < -0.4 is 10.5 Å². The van der Waals surface area contributed by atoms with E-state index in [1.54, 1.807) is 25.2 Å². The first-order chi connectivity index (χ1) is 14.9. The summed E-state index contributed by atoms with van der Waals surface area (Å²) < 4.78 is 6.96. The van der Waals surface area contributed by atoms with E-state index in [-0.39, 0.29) is 6.10 Å². The lowest BCUT2D eigenvalue weighted by Crippen LogP contribution is -2.40. The summed E-state index contributed by atoms with van der Waals surface area (Å²) in [5.74, 6) is -0.214. The van der Waals surface area contributed by atoms with Crippen LogP contribution in [0.3, 0.4) is 0 Å². The lowest BCUT2D eigenvalue weighted by Gasteiger charge is -2.26. The molecule has 0 radical (unpaired) electrons. The van der Waals surface area contributed by atoms with Gasteiger partial charge in [0, 0.05) is 16.0 Å². The molecule has 162 valence electrons. The lowest BCUT2D eigenvalue weighted by atomic mass is 9.97. The highest BCUT2D eigenvalue weighted by molar-refractivity contribution is 7.19. The van der Waals surface area contributed by atoms with Gasteiger partial charge in [-0.05, 0) is 55.0 Å². The maximum Gasteiger partial charge on any atom is 0.348 e. The van der Waals surface area contributed by atoms with Crippen LogP contribution in [0.1, 0.15) is 55.2 Å². The van der Waals surface area contributed by atoms with Crippen molar-refractivity contribution in [3.8, 4) is 5.75 Å². The molecule has 3 unspecified atom stereocenters. The fourth-order valence-corrected chi connectivity index (χ4v) is 4.89. The first kappa shape index (κ1) is 21.2. The van der Waals surface area contributed by atoms with Crippen molar-refractivity contribution >= 4 is 33.4 Å². The fourth-order valence-electron chi connectivity index (χ4n) is 3.79. The molecule has 1 aliphatic rings. The van der Waals surface area contributed by atoms with Crippen LogP contribution in [0.2, 0.25) is 0 Å². The molecule has 3 atom stereocenters. The molecular weight excluding hydrogens is 412 g/mol. The van der Waals surface area contributed by atoms with Crippen molar-refractivity contribution in [2.75, 3.05) is 0 Å². The molecule has 0 fully saturated rings. The average molecular weight is 439 g/mol. The van der Waals surface area contributed by atoms with Gasteiger partial charge in [-0.3, -0.25) is 0 Å². The summed E-state index contributed by atoms with van der Waals surface area (Å²) in [4.78, 5) is 31.4. The van der Waals surface area contributed by atoms with Gasteiger partial charge in [0.15, 0.2) is 0 Å². The number of primary amides is 1. The molecule has 0 bridgehead atoms. The molecule has 1 aromatic heterocycles. The Balaban J connectivity index is 1.50. The van der Waals surface area contributed by atoms with Crippen molar-refractivity contribution < 1.29 is 19.2 Å². The maximum absolute atomic E-state index is 12.9. The van der Waals surface area contributed by atoms with Gasteiger partial charge in [0.05, 0.1) is 5.92 Å². The normalized spacial score (nSPS) is 16.9. The third-order valence-electron chi connectivity index (χ3n) is 5.75. The highest BCUT2D eigenvalue weighted by Gasteiger charge is 2.29. The molecule has 2 amide bonds. The van der Waals surface area contributed by atoms with E-state index >= 15 is 0 Å². The number of hydrogen-bond donors (Lipinski definition) is 1. The summed E-state index contributed by atoms with van der Waals surface area (Å²) in [6, 6.07) is 14.4. The van der Waals surface area contributed by atoms with Crippen LogP contribution in [0, 0.1) is 0 Å². The van der Waals surface area contributed by atoms with Crippen molar-refractivity contribution in [3.05, 3.63) is 64.5 Å². The number of fused-ring (bicyclic) bond motifs is 2. The van der Waals surface area contributed by atoms with E-state index in [0.717, 1.165) is 49.7 Å². The Morgan fingerprint density at radius 3 is 2.71 bits per heavy atom. The van der Waals surface area contributed by atoms with Crippen molar-refractivity contribution in [2.45, 2.75) is 51.7 Å². The Bertz CT molecular complexity index is 1090. The predicted molar refractivity (Wildman–Crippen MR) is 121 cm³/mol. The van der Waals surface area contributed by atoms with E-state index < -0.39 is 24.0 Å². The van der Waals surface area contributed by atoms with Crippen LogP contribution in [0.4, 0.5) is 4.79 Å². The average Bonchev–Trinajstić information content (AvgIpc) is 3.39. The van der Waals surface area contributed by atoms with E-state index in [0.29, 0.717) is 0 Å². The Morgan fingerprint density at radius 1 is 1.23 bits per heavy atom. The lowest BCUT2D eigenvalue weighted by molar-refractivity contribution is -0.185. The topological polar surface area (TPSA) is 81.9 Å². The minimum atomic E-state index is -0.807. The number of benzene rings is 2. The van der Waals surface area contributed by atoms with Gasteiger partial charge in [0.2, 0.25) is 0 Å². The monoisotopic (exact) mass is 438 g/mol. The third-order valence-corrected chi connectivity index (χ3v) is 7.03. The summed E-state index contributed by atoms with van der Waals surface area (Å²) in [6.07, 6.45) is 1.95. The second-order valence-corrected chi connectivity index (χ2v) is 8.99. The zero-order chi connectivity index (χ0) is 22.1. The summed E-state index contributed by atoms with van der Waals surface area (Å²) in [7, 11) is 0. The molecule has 7 heteroatoms.